The van der Waals surface area contributed by atoms with Crippen molar-refractivity contribution in [2.24, 2.45) is 0 Å². The standard InChI is InChI=1S/C12H16BrN3O4/c1-4-5-15(7-10(17)20-3)12-11(13)8(2)9(6-14-12)16(18)19/h6H,4-5,7H2,1-3H3. The van der Waals surface area contributed by atoms with Crippen LogP contribution in [-0.2, 0) is 9.53 Å². The zero-order chi connectivity index (χ0) is 15.3. The minimum atomic E-state index is -0.485. The summed E-state index contributed by atoms with van der Waals surface area (Å²) in [4.78, 5) is 27.6. The Hall–Kier alpha value is -1.70. The van der Waals surface area contributed by atoms with Crippen LogP contribution in [0.4, 0.5) is 11.5 Å². The van der Waals surface area contributed by atoms with Crippen LogP contribution >= 0.6 is 15.9 Å². The number of pyridine rings is 1. The molecule has 20 heavy (non-hydrogen) atoms. The second-order valence-electron chi connectivity index (χ2n) is 4.16. The summed E-state index contributed by atoms with van der Waals surface area (Å²) in [5.41, 5.74) is 0.418. The Morgan fingerprint density at radius 3 is 2.75 bits per heavy atom. The molecule has 1 rings (SSSR count). The number of carbonyl (C=O) groups excluding carboxylic acids is 1. The van der Waals surface area contributed by atoms with E-state index < -0.39 is 4.92 Å². The Kier molecular flexibility index (Phi) is 5.87. The molecular formula is C12H16BrN3O4. The van der Waals surface area contributed by atoms with Crippen LogP contribution in [0.25, 0.3) is 0 Å². The SMILES string of the molecule is CCCN(CC(=O)OC)c1ncc([N+](=O)[O-])c(C)c1Br. The topological polar surface area (TPSA) is 85.6 Å². The van der Waals surface area contributed by atoms with E-state index in [1.54, 1.807) is 11.8 Å². The maximum absolute atomic E-state index is 11.4. The van der Waals surface area contributed by atoms with Gasteiger partial charge in [-0.15, -0.1) is 0 Å². The zero-order valence-electron chi connectivity index (χ0n) is 11.6. The first-order chi connectivity index (χ1) is 9.42. The van der Waals surface area contributed by atoms with Crippen molar-refractivity contribution in [3.05, 3.63) is 26.3 Å². The summed E-state index contributed by atoms with van der Waals surface area (Å²) in [6, 6.07) is 0. The highest BCUT2D eigenvalue weighted by Gasteiger charge is 2.21. The third-order valence-electron chi connectivity index (χ3n) is 2.76. The van der Waals surface area contributed by atoms with Gasteiger partial charge in [0.2, 0.25) is 0 Å². The molecule has 0 N–H and O–H groups in total. The van der Waals surface area contributed by atoms with Crippen molar-refractivity contribution in [3.63, 3.8) is 0 Å². The van der Waals surface area contributed by atoms with Crippen molar-refractivity contribution in [1.82, 2.24) is 4.98 Å². The van der Waals surface area contributed by atoms with Crippen molar-refractivity contribution >= 4 is 33.4 Å². The number of carbonyl (C=O) groups is 1. The third kappa shape index (κ3) is 3.66. The van der Waals surface area contributed by atoms with Gasteiger partial charge in [0.05, 0.1) is 16.5 Å². The second kappa shape index (κ2) is 7.18. The number of aromatic nitrogens is 1. The highest BCUT2D eigenvalue weighted by Crippen LogP contribution is 2.32. The number of hydrogen-bond donors (Lipinski definition) is 0. The summed E-state index contributed by atoms with van der Waals surface area (Å²) >= 11 is 3.32. The number of nitro groups is 1. The number of esters is 1. The van der Waals surface area contributed by atoms with E-state index in [2.05, 4.69) is 25.7 Å². The minimum Gasteiger partial charge on any atom is -0.468 e. The first kappa shape index (κ1) is 16.4. The number of ether oxygens (including phenoxy) is 1. The fourth-order valence-corrected chi connectivity index (χ4v) is 2.27. The molecule has 0 fully saturated rings. The lowest BCUT2D eigenvalue weighted by Crippen LogP contribution is -2.32. The number of methoxy groups -OCH3 is 1. The molecule has 0 unspecified atom stereocenters. The number of anilines is 1. The van der Waals surface area contributed by atoms with E-state index in [1.165, 1.54) is 13.3 Å². The van der Waals surface area contributed by atoms with E-state index in [4.69, 9.17) is 0 Å². The summed E-state index contributed by atoms with van der Waals surface area (Å²) in [5, 5.41) is 10.9. The average Bonchev–Trinajstić information content (AvgIpc) is 2.40. The molecule has 0 radical (unpaired) electrons. The number of hydrogen-bond acceptors (Lipinski definition) is 6. The van der Waals surface area contributed by atoms with Crippen molar-refractivity contribution in [2.75, 3.05) is 25.1 Å². The lowest BCUT2D eigenvalue weighted by molar-refractivity contribution is -0.385. The third-order valence-corrected chi connectivity index (χ3v) is 3.71. The van der Waals surface area contributed by atoms with Gasteiger partial charge in [0, 0.05) is 12.1 Å². The van der Waals surface area contributed by atoms with Crippen LogP contribution in [0.5, 0.6) is 0 Å². The fourth-order valence-electron chi connectivity index (χ4n) is 1.71. The second-order valence-corrected chi connectivity index (χ2v) is 4.95. The maximum Gasteiger partial charge on any atom is 0.325 e. The van der Waals surface area contributed by atoms with Gasteiger partial charge >= 0.3 is 5.97 Å². The summed E-state index contributed by atoms with van der Waals surface area (Å²) in [6.45, 7) is 4.25. The lowest BCUT2D eigenvalue weighted by Gasteiger charge is -2.23. The molecule has 7 nitrogen and oxygen atoms in total. The molecule has 0 saturated carbocycles. The van der Waals surface area contributed by atoms with Gasteiger partial charge in [0.25, 0.3) is 5.69 Å². The van der Waals surface area contributed by atoms with Crippen LogP contribution in [0.3, 0.4) is 0 Å². The van der Waals surface area contributed by atoms with Gasteiger partial charge in [-0.05, 0) is 29.3 Å². The quantitative estimate of drug-likeness (QED) is 0.447. The Bertz CT molecular complexity index is 522. The molecule has 8 heteroatoms. The molecule has 0 bridgehead atoms. The fraction of sp³-hybridized carbons (Fsp3) is 0.500. The molecule has 0 spiro atoms. The van der Waals surface area contributed by atoms with Crippen LogP contribution < -0.4 is 4.90 Å². The molecule has 0 saturated heterocycles. The van der Waals surface area contributed by atoms with Crippen molar-refractivity contribution in [3.8, 4) is 0 Å². The Morgan fingerprint density at radius 2 is 2.25 bits per heavy atom. The van der Waals surface area contributed by atoms with Gasteiger partial charge in [0.1, 0.15) is 18.6 Å². The van der Waals surface area contributed by atoms with Gasteiger partial charge in [-0.1, -0.05) is 6.92 Å². The van der Waals surface area contributed by atoms with Crippen molar-refractivity contribution in [2.45, 2.75) is 20.3 Å². The number of nitrogens with zero attached hydrogens (tertiary/aromatic N) is 3. The van der Waals surface area contributed by atoms with E-state index >= 15 is 0 Å². The van der Waals surface area contributed by atoms with Crippen LogP contribution in [0, 0.1) is 17.0 Å². The van der Waals surface area contributed by atoms with Crippen molar-refractivity contribution < 1.29 is 14.5 Å². The smallest absolute Gasteiger partial charge is 0.325 e. The van der Waals surface area contributed by atoms with Crippen LogP contribution in [-0.4, -0.2) is 36.1 Å². The average molecular weight is 346 g/mol. The van der Waals surface area contributed by atoms with Crippen LogP contribution in [0.1, 0.15) is 18.9 Å². The Balaban J connectivity index is 3.17. The zero-order valence-corrected chi connectivity index (χ0v) is 13.1. The molecule has 1 aromatic rings. The highest BCUT2D eigenvalue weighted by molar-refractivity contribution is 9.10. The molecule has 0 amide bonds. The van der Waals surface area contributed by atoms with E-state index in [0.717, 1.165) is 6.42 Å². The molecule has 1 heterocycles. The van der Waals surface area contributed by atoms with E-state index in [9.17, 15) is 14.9 Å². The largest absolute Gasteiger partial charge is 0.468 e. The summed E-state index contributed by atoms with van der Waals surface area (Å²) in [5.74, 6) is 0.114. The Morgan fingerprint density at radius 1 is 1.60 bits per heavy atom. The molecule has 0 aliphatic rings. The van der Waals surface area contributed by atoms with Gasteiger partial charge in [0.15, 0.2) is 0 Å². The molecule has 1 aromatic heterocycles. The minimum absolute atomic E-state index is 0.0488. The summed E-state index contributed by atoms with van der Waals surface area (Å²) < 4.78 is 5.17. The first-order valence-electron chi connectivity index (χ1n) is 6.03. The van der Waals surface area contributed by atoms with Gasteiger partial charge in [-0.2, -0.15) is 0 Å². The molecular weight excluding hydrogens is 330 g/mol. The van der Waals surface area contributed by atoms with Crippen LogP contribution in [0.2, 0.25) is 0 Å². The van der Waals surface area contributed by atoms with Crippen LogP contribution in [0.15, 0.2) is 10.7 Å². The molecule has 0 atom stereocenters. The maximum atomic E-state index is 11.4. The summed E-state index contributed by atoms with van der Waals surface area (Å²) in [6.07, 6.45) is 2.01. The number of rotatable bonds is 6. The summed E-state index contributed by atoms with van der Waals surface area (Å²) in [7, 11) is 1.32. The lowest BCUT2D eigenvalue weighted by atomic mass is 10.2. The Labute approximate surface area is 125 Å². The van der Waals surface area contributed by atoms with E-state index in [1.807, 2.05) is 6.92 Å². The predicted molar refractivity (Wildman–Crippen MR) is 77.8 cm³/mol. The number of halogens is 1. The first-order valence-corrected chi connectivity index (χ1v) is 6.82. The van der Waals surface area contributed by atoms with Gasteiger partial charge < -0.3 is 9.64 Å². The molecule has 0 aliphatic heterocycles. The van der Waals surface area contributed by atoms with E-state index in [0.29, 0.717) is 22.4 Å². The normalized spacial score (nSPS) is 10.2. The molecule has 110 valence electrons. The monoisotopic (exact) mass is 345 g/mol. The predicted octanol–water partition coefficient (Wildman–Crippen LogP) is 2.45. The van der Waals surface area contributed by atoms with Crippen molar-refractivity contribution in [1.29, 1.82) is 0 Å². The highest BCUT2D eigenvalue weighted by atomic mass is 79.9. The molecule has 0 aromatic carbocycles. The van der Waals surface area contributed by atoms with Gasteiger partial charge in [-0.25, -0.2) is 4.98 Å². The van der Waals surface area contributed by atoms with Gasteiger partial charge in [-0.3, -0.25) is 14.9 Å². The molecule has 0 aliphatic carbocycles. The van der Waals surface area contributed by atoms with E-state index in [-0.39, 0.29) is 18.2 Å².